The molecule has 2 heterocycles. The van der Waals surface area contributed by atoms with Gasteiger partial charge in [0.2, 0.25) is 5.91 Å². The van der Waals surface area contributed by atoms with E-state index in [1.54, 1.807) is 35.6 Å². The number of benzene rings is 1. The zero-order chi connectivity index (χ0) is 17.6. The molecule has 0 radical (unpaired) electrons. The summed E-state index contributed by atoms with van der Waals surface area (Å²) in [6.07, 6.45) is 6.94. The fraction of sp³-hybridized carbons (Fsp3) is 0.167. The Kier molecular flexibility index (Phi) is 5.03. The van der Waals surface area contributed by atoms with Gasteiger partial charge in [0.1, 0.15) is 12.1 Å². The number of halogens is 1. The van der Waals surface area contributed by atoms with E-state index >= 15 is 0 Å². The second-order valence-corrected chi connectivity index (χ2v) is 5.42. The lowest BCUT2D eigenvalue weighted by molar-refractivity contribution is -0.120. The number of methoxy groups -OCH3 is 1. The zero-order valence-corrected chi connectivity index (χ0v) is 13.6. The fourth-order valence-electron chi connectivity index (χ4n) is 2.34. The molecule has 0 atom stereocenters. The van der Waals surface area contributed by atoms with Gasteiger partial charge in [0.15, 0.2) is 11.6 Å². The lowest BCUT2D eigenvalue weighted by Crippen LogP contribution is -2.24. The summed E-state index contributed by atoms with van der Waals surface area (Å²) in [6, 6.07) is 8.22. The van der Waals surface area contributed by atoms with Crippen LogP contribution in [0.1, 0.15) is 11.1 Å². The van der Waals surface area contributed by atoms with Gasteiger partial charge in [-0.15, -0.1) is 0 Å². The van der Waals surface area contributed by atoms with Gasteiger partial charge in [-0.3, -0.25) is 9.36 Å². The molecule has 7 heteroatoms. The Morgan fingerprint density at radius 2 is 2.12 bits per heavy atom. The van der Waals surface area contributed by atoms with Crippen molar-refractivity contribution in [3.8, 4) is 11.6 Å². The lowest BCUT2D eigenvalue weighted by Gasteiger charge is -2.08. The largest absolute Gasteiger partial charge is 0.494 e. The third-order valence-corrected chi connectivity index (χ3v) is 3.65. The van der Waals surface area contributed by atoms with Crippen molar-refractivity contribution in [3.05, 3.63) is 72.2 Å². The Morgan fingerprint density at radius 1 is 1.28 bits per heavy atom. The van der Waals surface area contributed by atoms with Gasteiger partial charge in [0.05, 0.1) is 13.5 Å². The summed E-state index contributed by atoms with van der Waals surface area (Å²) in [5.41, 5.74) is 1.46. The van der Waals surface area contributed by atoms with Crippen molar-refractivity contribution >= 4 is 5.91 Å². The predicted molar refractivity (Wildman–Crippen MR) is 89.9 cm³/mol. The van der Waals surface area contributed by atoms with Gasteiger partial charge >= 0.3 is 0 Å². The fourth-order valence-corrected chi connectivity index (χ4v) is 2.34. The molecule has 0 saturated carbocycles. The molecule has 25 heavy (non-hydrogen) atoms. The van der Waals surface area contributed by atoms with Gasteiger partial charge in [-0.25, -0.2) is 14.4 Å². The minimum atomic E-state index is -0.480. The molecule has 0 fully saturated rings. The van der Waals surface area contributed by atoms with Crippen molar-refractivity contribution in [1.82, 2.24) is 19.9 Å². The molecular formula is C18H17FN4O2. The number of pyridine rings is 1. The maximum absolute atomic E-state index is 13.6. The molecule has 1 aromatic carbocycles. The zero-order valence-electron chi connectivity index (χ0n) is 13.6. The van der Waals surface area contributed by atoms with Crippen molar-refractivity contribution in [1.29, 1.82) is 0 Å². The molecule has 3 rings (SSSR count). The number of carbonyl (C=O) groups is 1. The maximum atomic E-state index is 13.6. The van der Waals surface area contributed by atoms with E-state index in [1.165, 1.54) is 19.2 Å². The Labute approximate surface area is 144 Å². The van der Waals surface area contributed by atoms with Gasteiger partial charge in [-0.1, -0.05) is 12.1 Å². The molecule has 0 saturated heterocycles. The highest BCUT2D eigenvalue weighted by molar-refractivity contribution is 5.78. The van der Waals surface area contributed by atoms with Crippen molar-refractivity contribution in [3.63, 3.8) is 0 Å². The van der Waals surface area contributed by atoms with Crippen molar-refractivity contribution in [2.45, 2.75) is 13.0 Å². The van der Waals surface area contributed by atoms with E-state index in [2.05, 4.69) is 15.3 Å². The van der Waals surface area contributed by atoms with Crippen LogP contribution in [0.5, 0.6) is 5.75 Å². The van der Waals surface area contributed by atoms with Crippen LogP contribution in [0.15, 0.2) is 55.2 Å². The highest BCUT2D eigenvalue weighted by Crippen LogP contribution is 2.17. The Morgan fingerprint density at radius 3 is 2.76 bits per heavy atom. The van der Waals surface area contributed by atoms with Crippen LogP contribution >= 0.6 is 0 Å². The molecule has 0 aliphatic carbocycles. The number of nitrogens with one attached hydrogen (secondary N) is 1. The van der Waals surface area contributed by atoms with Crippen LogP contribution < -0.4 is 10.1 Å². The Bertz CT molecular complexity index is 848. The third kappa shape index (κ3) is 4.20. The predicted octanol–water partition coefficient (Wildman–Crippen LogP) is 2.27. The highest BCUT2D eigenvalue weighted by Gasteiger charge is 2.08. The van der Waals surface area contributed by atoms with Crippen molar-refractivity contribution in [2.24, 2.45) is 0 Å². The molecule has 0 aliphatic rings. The van der Waals surface area contributed by atoms with E-state index in [-0.39, 0.29) is 18.1 Å². The third-order valence-electron chi connectivity index (χ3n) is 3.65. The number of rotatable bonds is 6. The van der Waals surface area contributed by atoms with E-state index in [1.807, 2.05) is 12.1 Å². The van der Waals surface area contributed by atoms with E-state index < -0.39 is 5.82 Å². The minimum Gasteiger partial charge on any atom is -0.494 e. The van der Waals surface area contributed by atoms with Crippen molar-refractivity contribution < 1.29 is 13.9 Å². The molecule has 1 N–H and O–H groups in total. The molecule has 0 bridgehead atoms. The first-order valence-corrected chi connectivity index (χ1v) is 7.68. The summed E-state index contributed by atoms with van der Waals surface area (Å²) in [5.74, 6) is 0.241. The van der Waals surface area contributed by atoms with Gasteiger partial charge in [0, 0.05) is 25.1 Å². The first-order valence-electron chi connectivity index (χ1n) is 7.68. The monoisotopic (exact) mass is 340 g/mol. The standard InChI is InChI=1S/C18H17FN4O2/c1-25-16-4-2-13(8-15(16)19)9-18(24)22-11-14-3-5-17(21-10-14)23-7-6-20-12-23/h2-8,10,12H,9,11H2,1H3,(H,22,24). The summed E-state index contributed by atoms with van der Waals surface area (Å²) < 4.78 is 20.3. The number of nitrogens with zero attached hydrogens (tertiary/aromatic N) is 3. The number of hydrogen-bond donors (Lipinski definition) is 1. The van der Waals surface area contributed by atoms with E-state index in [4.69, 9.17) is 4.74 Å². The van der Waals surface area contributed by atoms with Gasteiger partial charge in [0.25, 0.3) is 0 Å². The topological polar surface area (TPSA) is 69.0 Å². The number of ether oxygens (including phenoxy) is 1. The average molecular weight is 340 g/mol. The summed E-state index contributed by atoms with van der Waals surface area (Å²) in [7, 11) is 1.40. The molecule has 128 valence electrons. The molecule has 2 aromatic heterocycles. The summed E-state index contributed by atoms with van der Waals surface area (Å²) in [6.45, 7) is 0.356. The van der Waals surface area contributed by atoms with Crippen LogP contribution in [0.2, 0.25) is 0 Å². The van der Waals surface area contributed by atoms with Crippen LogP contribution in [-0.4, -0.2) is 27.6 Å². The van der Waals surface area contributed by atoms with Gasteiger partial charge < -0.3 is 10.1 Å². The summed E-state index contributed by atoms with van der Waals surface area (Å²) in [5, 5.41) is 2.80. The Balaban J connectivity index is 1.54. The summed E-state index contributed by atoms with van der Waals surface area (Å²) >= 11 is 0. The minimum absolute atomic E-state index is 0.0987. The maximum Gasteiger partial charge on any atom is 0.224 e. The Hall–Kier alpha value is -3.22. The van der Waals surface area contributed by atoms with E-state index in [0.29, 0.717) is 12.1 Å². The van der Waals surface area contributed by atoms with Crippen LogP contribution in [0.4, 0.5) is 4.39 Å². The number of hydrogen-bond acceptors (Lipinski definition) is 4. The van der Waals surface area contributed by atoms with Gasteiger partial charge in [-0.05, 0) is 29.3 Å². The molecule has 0 spiro atoms. The molecule has 3 aromatic rings. The van der Waals surface area contributed by atoms with Crippen LogP contribution in [0, 0.1) is 5.82 Å². The second kappa shape index (κ2) is 7.57. The first-order chi connectivity index (χ1) is 12.2. The molecule has 1 amide bonds. The van der Waals surface area contributed by atoms with Crippen molar-refractivity contribution in [2.75, 3.05) is 7.11 Å². The average Bonchev–Trinajstić information content (AvgIpc) is 3.15. The number of carbonyl (C=O) groups excluding carboxylic acids is 1. The first kappa shape index (κ1) is 16.6. The highest BCUT2D eigenvalue weighted by atomic mass is 19.1. The number of imidazole rings is 1. The van der Waals surface area contributed by atoms with E-state index in [0.717, 1.165) is 11.4 Å². The number of aromatic nitrogens is 3. The number of amides is 1. The summed E-state index contributed by atoms with van der Waals surface area (Å²) in [4.78, 5) is 20.3. The SMILES string of the molecule is COc1ccc(CC(=O)NCc2ccc(-n3ccnc3)nc2)cc1F. The molecule has 0 aliphatic heterocycles. The second-order valence-electron chi connectivity index (χ2n) is 5.42. The lowest BCUT2D eigenvalue weighted by atomic mass is 10.1. The van der Waals surface area contributed by atoms with Crippen LogP contribution in [0.25, 0.3) is 5.82 Å². The molecule has 6 nitrogen and oxygen atoms in total. The molecule has 0 unspecified atom stereocenters. The van der Waals surface area contributed by atoms with Crippen LogP contribution in [-0.2, 0) is 17.8 Å². The quantitative estimate of drug-likeness (QED) is 0.747. The van der Waals surface area contributed by atoms with E-state index in [9.17, 15) is 9.18 Å². The van der Waals surface area contributed by atoms with Crippen LogP contribution in [0.3, 0.4) is 0 Å². The molecular weight excluding hydrogens is 323 g/mol. The smallest absolute Gasteiger partial charge is 0.224 e. The normalized spacial score (nSPS) is 10.5. The van der Waals surface area contributed by atoms with Gasteiger partial charge in [-0.2, -0.15) is 0 Å².